The molecule has 134 valence electrons. The summed E-state index contributed by atoms with van der Waals surface area (Å²) in [5.74, 6) is 0.908. The zero-order valence-electron chi connectivity index (χ0n) is 14.5. The van der Waals surface area contributed by atoms with Crippen LogP contribution in [-0.4, -0.2) is 39.7 Å². The Morgan fingerprint density at radius 3 is 2.52 bits per heavy atom. The summed E-state index contributed by atoms with van der Waals surface area (Å²) in [7, 11) is 1.95. The van der Waals surface area contributed by atoms with Crippen LogP contribution in [0.1, 0.15) is 43.1 Å². The quantitative estimate of drug-likeness (QED) is 0.891. The molecule has 0 saturated carbocycles. The van der Waals surface area contributed by atoms with Crippen LogP contribution < -0.4 is 5.73 Å². The Labute approximate surface area is 151 Å². The van der Waals surface area contributed by atoms with Gasteiger partial charge in [-0.15, -0.1) is 24.8 Å². The van der Waals surface area contributed by atoms with E-state index < -0.39 is 0 Å². The largest absolute Gasteiger partial charge is 0.338 e. The molecule has 1 aliphatic heterocycles. The second-order valence-electron chi connectivity index (χ2n) is 6.38. The minimum absolute atomic E-state index is 0. The summed E-state index contributed by atoms with van der Waals surface area (Å²) in [6.07, 6.45) is 3.45. The highest BCUT2D eigenvalue weighted by atomic mass is 35.5. The smallest absolute Gasteiger partial charge is 0.223 e. The molecule has 1 aromatic rings. The molecule has 0 radical (unpaired) electrons. The first-order chi connectivity index (χ1) is 9.93. The minimum Gasteiger partial charge on any atom is -0.338 e. The SMILES string of the molecule is Cc1nn(C)c(C)c1CCC(=O)N1CCC(C)CC1CN.Cl.Cl. The van der Waals surface area contributed by atoms with Gasteiger partial charge in [-0.2, -0.15) is 5.10 Å². The molecule has 2 unspecified atom stereocenters. The number of amides is 1. The van der Waals surface area contributed by atoms with Crippen molar-refractivity contribution in [2.45, 2.75) is 52.5 Å². The summed E-state index contributed by atoms with van der Waals surface area (Å²) >= 11 is 0. The van der Waals surface area contributed by atoms with Crippen LogP contribution in [0.2, 0.25) is 0 Å². The summed E-state index contributed by atoms with van der Waals surface area (Å²) in [5, 5.41) is 4.41. The molecule has 2 heterocycles. The van der Waals surface area contributed by atoms with Crippen LogP contribution in [0, 0.1) is 19.8 Å². The van der Waals surface area contributed by atoms with E-state index in [1.807, 2.05) is 23.6 Å². The highest BCUT2D eigenvalue weighted by molar-refractivity contribution is 5.85. The Morgan fingerprint density at radius 1 is 1.35 bits per heavy atom. The fraction of sp³-hybridized carbons (Fsp3) is 0.750. The van der Waals surface area contributed by atoms with Crippen molar-refractivity contribution in [1.29, 1.82) is 0 Å². The van der Waals surface area contributed by atoms with Crippen molar-refractivity contribution in [3.05, 3.63) is 17.0 Å². The molecule has 23 heavy (non-hydrogen) atoms. The summed E-state index contributed by atoms with van der Waals surface area (Å²) in [4.78, 5) is 14.5. The first kappa shape index (κ1) is 22.2. The molecule has 2 atom stereocenters. The number of carbonyl (C=O) groups is 1. The van der Waals surface area contributed by atoms with E-state index in [0.717, 1.165) is 37.2 Å². The van der Waals surface area contributed by atoms with Crippen LogP contribution in [0.3, 0.4) is 0 Å². The van der Waals surface area contributed by atoms with Crippen molar-refractivity contribution in [2.75, 3.05) is 13.1 Å². The lowest BCUT2D eigenvalue weighted by Crippen LogP contribution is -2.49. The van der Waals surface area contributed by atoms with Crippen LogP contribution in [0.15, 0.2) is 0 Å². The highest BCUT2D eigenvalue weighted by Gasteiger charge is 2.28. The summed E-state index contributed by atoms with van der Waals surface area (Å²) in [5.41, 5.74) is 9.24. The third-order valence-electron chi connectivity index (χ3n) is 4.82. The van der Waals surface area contributed by atoms with Gasteiger partial charge in [0.1, 0.15) is 0 Å². The number of hydrogen-bond acceptors (Lipinski definition) is 3. The topological polar surface area (TPSA) is 64.2 Å². The molecule has 0 aromatic carbocycles. The lowest BCUT2D eigenvalue weighted by molar-refractivity contribution is -0.135. The van der Waals surface area contributed by atoms with Crippen LogP contribution in [-0.2, 0) is 18.3 Å². The highest BCUT2D eigenvalue weighted by Crippen LogP contribution is 2.23. The Bertz CT molecular complexity index is 518. The molecule has 0 bridgehead atoms. The van der Waals surface area contributed by atoms with E-state index in [-0.39, 0.29) is 36.8 Å². The van der Waals surface area contributed by atoms with E-state index in [2.05, 4.69) is 18.9 Å². The molecule has 2 N–H and O–H groups in total. The number of rotatable bonds is 4. The van der Waals surface area contributed by atoms with Gasteiger partial charge < -0.3 is 10.6 Å². The van der Waals surface area contributed by atoms with Gasteiger partial charge in [-0.3, -0.25) is 9.48 Å². The van der Waals surface area contributed by atoms with Crippen molar-refractivity contribution >= 4 is 30.7 Å². The normalized spacial score (nSPS) is 20.7. The fourth-order valence-corrected chi connectivity index (χ4v) is 3.36. The van der Waals surface area contributed by atoms with E-state index >= 15 is 0 Å². The van der Waals surface area contributed by atoms with Gasteiger partial charge in [0, 0.05) is 38.3 Å². The third kappa shape index (κ3) is 5.10. The standard InChI is InChI=1S/C16H28N4O.2ClH/c1-11-7-8-20(14(9-11)10-17)16(21)6-5-15-12(2)18-19(4)13(15)3;;/h11,14H,5-10,17H2,1-4H3;2*1H. The van der Waals surface area contributed by atoms with Gasteiger partial charge in [0.05, 0.1) is 5.69 Å². The Balaban J connectivity index is 0.00000242. The van der Waals surface area contributed by atoms with Crippen molar-refractivity contribution in [3.63, 3.8) is 0 Å². The minimum atomic E-state index is 0. The second kappa shape index (κ2) is 9.50. The second-order valence-corrected chi connectivity index (χ2v) is 6.38. The van der Waals surface area contributed by atoms with Crippen molar-refractivity contribution in [2.24, 2.45) is 18.7 Å². The number of piperidine rings is 1. The van der Waals surface area contributed by atoms with E-state index in [9.17, 15) is 4.79 Å². The molecule has 1 saturated heterocycles. The summed E-state index contributed by atoms with van der Waals surface area (Å²) in [6, 6.07) is 0.220. The number of halogens is 2. The number of carbonyl (C=O) groups excluding carboxylic acids is 1. The maximum absolute atomic E-state index is 12.5. The zero-order chi connectivity index (χ0) is 15.6. The zero-order valence-corrected chi connectivity index (χ0v) is 16.2. The predicted molar refractivity (Wildman–Crippen MR) is 98.5 cm³/mol. The Hall–Kier alpha value is -0.780. The summed E-state index contributed by atoms with van der Waals surface area (Å²) < 4.78 is 1.89. The van der Waals surface area contributed by atoms with Crippen molar-refractivity contribution in [1.82, 2.24) is 14.7 Å². The molecule has 5 nitrogen and oxygen atoms in total. The van der Waals surface area contributed by atoms with E-state index in [1.165, 1.54) is 5.56 Å². The van der Waals surface area contributed by atoms with E-state index in [0.29, 0.717) is 18.9 Å². The number of aromatic nitrogens is 2. The number of aryl methyl sites for hydroxylation is 2. The molecule has 0 spiro atoms. The molecule has 1 amide bonds. The number of nitrogens with zero attached hydrogens (tertiary/aromatic N) is 3. The molecular formula is C16H30Cl2N4O. The van der Waals surface area contributed by atoms with Gasteiger partial charge in [-0.1, -0.05) is 6.92 Å². The lowest BCUT2D eigenvalue weighted by atomic mass is 9.92. The Morgan fingerprint density at radius 2 is 2.00 bits per heavy atom. The van der Waals surface area contributed by atoms with Crippen molar-refractivity contribution < 1.29 is 4.79 Å². The van der Waals surface area contributed by atoms with Crippen molar-refractivity contribution in [3.8, 4) is 0 Å². The number of hydrogen-bond donors (Lipinski definition) is 1. The van der Waals surface area contributed by atoms with Crippen LogP contribution in [0.4, 0.5) is 0 Å². The molecular weight excluding hydrogens is 335 g/mol. The Kier molecular flexibility index (Phi) is 9.18. The number of likely N-dealkylation sites (tertiary alicyclic amines) is 1. The average Bonchev–Trinajstić information content (AvgIpc) is 2.69. The van der Waals surface area contributed by atoms with Crippen LogP contribution in [0.25, 0.3) is 0 Å². The fourth-order valence-electron chi connectivity index (χ4n) is 3.36. The molecule has 7 heteroatoms. The van der Waals surface area contributed by atoms with Gasteiger partial charge in [0.25, 0.3) is 0 Å². The van der Waals surface area contributed by atoms with E-state index in [4.69, 9.17) is 5.73 Å². The molecule has 0 aliphatic carbocycles. The maximum Gasteiger partial charge on any atom is 0.223 e. The molecule has 1 aromatic heterocycles. The third-order valence-corrected chi connectivity index (χ3v) is 4.82. The van der Waals surface area contributed by atoms with Crippen LogP contribution >= 0.6 is 24.8 Å². The van der Waals surface area contributed by atoms with E-state index in [1.54, 1.807) is 0 Å². The molecule has 1 aliphatic rings. The maximum atomic E-state index is 12.5. The van der Waals surface area contributed by atoms with Gasteiger partial charge in [-0.05, 0) is 44.6 Å². The predicted octanol–water partition coefficient (Wildman–Crippen LogP) is 2.40. The van der Waals surface area contributed by atoms with Gasteiger partial charge in [-0.25, -0.2) is 0 Å². The summed E-state index contributed by atoms with van der Waals surface area (Å²) in [6.45, 7) is 7.74. The first-order valence-electron chi connectivity index (χ1n) is 7.92. The molecule has 1 fully saturated rings. The first-order valence-corrected chi connectivity index (χ1v) is 7.92. The number of nitrogens with two attached hydrogens (primary N) is 1. The monoisotopic (exact) mass is 364 g/mol. The lowest BCUT2D eigenvalue weighted by Gasteiger charge is -2.38. The van der Waals surface area contributed by atoms with Crippen LogP contribution in [0.5, 0.6) is 0 Å². The molecule has 2 rings (SSSR count). The van der Waals surface area contributed by atoms with Gasteiger partial charge in [0.15, 0.2) is 0 Å². The average molecular weight is 365 g/mol. The van der Waals surface area contributed by atoms with Gasteiger partial charge in [0.2, 0.25) is 5.91 Å². The van der Waals surface area contributed by atoms with Gasteiger partial charge >= 0.3 is 0 Å².